The smallest absolute Gasteiger partial charge is 0.0784 e. The Morgan fingerprint density at radius 3 is 0.380 bits per heavy atom. The number of rotatable bonds is 30. The van der Waals surface area contributed by atoms with Gasteiger partial charge < -0.3 is 17.9 Å². The first-order chi connectivity index (χ1) is 23.7. The minimum absolute atomic E-state index is 1.21. The van der Waals surface area contributed by atoms with Crippen molar-refractivity contribution in [3.63, 3.8) is 0 Å². The summed E-state index contributed by atoms with van der Waals surface area (Å²) in [6, 6.07) is 0. The number of hydrogen-bond donors (Lipinski definition) is 0. The molecule has 0 saturated carbocycles. The Morgan fingerprint density at radius 1 is 0.200 bits per heavy atom. The zero-order valence-corrected chi connectivity index (χ0v) is 39.0. The highest BCUT2D eigenvalue weighted by Gasteiger charge is 2.21. The minimum atomic E-state index is 1.21. The van der Waals surface area contributed by atoms with Crippen LogP contribution >= 0.6 is 0 Å². The molecule has 0 aromatic carbocycles. The standard InChI is InChI=1S/3C13H30N.C7H18N/c3*1-5-8-11-14(4,12-9-6-2)13-10-7-3;1-5-8(4,6-2)7-3/h3*5-13H2,1-4H3;5-7H2,1-4H3/q4*+1. The van der Waals surface area contributed by atoms with Crippen LogP contribution in [0, 0.1) is 0 Å². The molecule has 0 radical (unpaired) electrons. The summed E-state index contributed by atoms with van der Waals surface area (Å²) in [6.07, 6.45) is 24.6. The van der Waals surface area contributed by atoms with Gasteiger partial charge in [0.05, 0.1) is 107 Å². The topological polar surface area (TPSA) is 0 Å². The van der Waals surface area contributed by atoms with Gasteiger partial charge in [-0.2, -0.15) is 0 Å². The van der Waals surface area contributed by atoms with Gasteiger partial charge in [0.2, 0.25) is 0 Å². The highest BCUT2D eigenvalue weighted by atomic mass is 15.3. The molecule has 0 aliphatic heterocycles. The summed E-state index contributed by atoms with van der Waals surface area (Å²) in [5, 5.41) is 0. The summed E-state index contributed by atoms with van der Waals surface area (Å²) in [7, 11) is 9.63. The second-order valence-corrected chi connectivity index (χ2v) is 17.1. The lowest BCUT2D eigenvalue weighted by Gasteiger charge is -2.34. The molecule has 0 rings (SSSR count). The molecular weight excluding hydrogens is 609 g/mol. The van der Waals surface area contributed by atoms with Crippen LogP contribution in [0.15, 0.2) is 0 Å². The molecule has 0 atom stereocenters. The summed E-state index contributed by atoms with van der Waals surface area (Å²) in [5.74, 6) is 0. The minimum Gasteiger partial charge on any atom is -0.327 e. The quantitative estimate of drug-likeness (QED) is 0.0649. The van der Waals surface area contributed by atoms with E-state index in [2.05, 4.69) is 111 Å². The third-order valence-corrected chi connectivity index (χ3v) is 11.8. The zero-order chi connectivity index (χ0) is 39.2. The Bertz CT molecular complexity index is 485. The monoisotopic (exact) mass is 717 g/mol. The van der Waals surface area contributed by atoms with Crippen LogP contribution in [-0.2, 0) is 0 Å². The normalized spacial score (nSPS) is 12.0. The molecule has 0 aromatic rings. The van der Waals surface area contributed by atoms with Gasteiger partial charge in [-0.1, -0.05) is 120 Å². The summed E-state index contributed by atoms with van der Waals surface area (Å²) in [5.41, 5.74) is 0. The van der Waals surface area contributed by atoms with Crippen molar-refractivity contribution < 1.29 is 17.9 Å². The molecule has 0 bridgehead atoms. The van der Waals surface area contributed by atoms with Gasteiger partial charge in [-0.15, -0.1) is 0 Å². The molecule has 0 spiro atoms. The molecule has 0 aliphatic carbocycles. The molecule has 0 saturated heterocycles. The fourth-order valence-corrected chi connectivity index (χ4v) is 6.54. The Morgan fingerprint density at radius 2 is 0.320 bits per heavy atom. The van der Waals surface area contributed by atoms with E-state index in [9.17, 15) is 0 Å². The number of hydrogen-bond acceptors (Lipinski definition) is 0. The fourth-order valence-electron chi connectivity index (χ4n) is 6.54. The van der Waals surface area contributed by atoms with E-state index in [1.807, 2.05) is 0 Å². The SMILES string of the molecule is CCCC[N+](C)(CCCC)CCCC.CCCC[N+](C)(CCCC)CCCC.CCCC[N+](C)(CCCC)CCCC.CC[N+](C)(CC)CC. The van der Waals surface area contributed by atoms with Crippen LogP contribution in [0.5, 0.6) is 0 Å². The van der Waals surface area contributed by atoms with Crippen LogP contribution in [0.3, 0.4) is 0 Å². The lowest BCUT2D eigenvalue weighted by atomic mass is 10.2. The van der Waals surface area contributed by atoms with Gasteiger partial charge in [-0.25, -0.2) is 0 Å². The molecule has 0 fully saturated rings. The first kappa shape index (κ1) is 56.6. The van der Waals surface area contributed by atoms with Gasteiger partial charge in [0, 0.05) is 0 Å². The van der Waals surface area contributed by atoms with Crippen molar-refractivity contribution in [2.24, 2.45) is 0 Å². The maximum atomic E-state index is 2.45. The van der Waals surface area contributed by atoms with E-state index in [1.165, 1.54) is 212 Å². The zero-order valence-electron chi connectivity index (χ0n) is 39.0. The van der Waals surface area contributed by atoms with Crippen molar-refractivity contribution in [3.8, 4) is 0 Å². The molecule has 0 amide bonds. The molecule has 0 aliphatic rings. The Balaban J connectivity index is -0.000000287. The van der Waals surface area contributed by atoms with Crippen LogP contribution in [-0.4, -0.2) is 125 Å². The predicted molar refractivity (Wildman–Crippen MR) is 234 cm³/mol. The molecule has 50 heavy (non-hydrogen) atoms. The van der Waals surface area contributed by atoms with Crippen LogP contribution in [0.1, 0.15) is 199 Å². The van der Waals surface area contributed by atoms with Gasteiger partial charge in [-0.3, -0.25) is 0 Å². The highest BCUT2D eigenvalue weighted by Crippen LogP contribution is 2.13. The van der Waals surface area contributed by atoms with Crippen molar-refractivity contribution in [1.82, 2.24) is 0 Å². The van der Waals surface area contributed by atoms with Crippen molar-refractivity contribution in [1.29, 1.82) is 0 Å². The van der Waals surface area contributed by atoms with E-state index in [-0.39, 0.29) is 0 Å². The fraction of sp³-hybridized carbons (Fsp3) is 1.00. The highest BCUT2D eigenvalue weighted by molar-refractivity contribution is 4.46. The number of quaternary nitrogens is 4. The Labute approximate surface area is 322 Å². The lowest BCUT2D eigenvalue weighted by Crippen LogP contribution is -2.46. The van der Waals surface area contributed by atoms with E-state index >= 15 is 0 Å². The van der Waals surface area contributed by atoms with Crippen LogP contribution in [0.2, 0.25) is 0 Å². The maximum Gasteiger partial charge on any atom is 0.0784 e. The molecule has 4 heteroatoms. The molecule has 0 unspecified atom stereocenters. The van der Waals surface area contributed by atoms with Gasteiger partial charge in [0.25, 0.3) is 0 Å². The predicted octanol–water partition coefficient (Wildman–Crippen LogP) is 13.0. The average Bonchev–Trinajstić information content (AvgIpc) is 3.14. The molecule has 0 N–H and O–H groups in total. The average molecular weight is 717 g/mol. The second kappa shape index (κ2) is 38.6. The number of nitrogens with zero attached hydrogens (tertiary/aromatic N) is 4. The first-order valence-electron chi connectivity index (χ1n) is 23.1. The summed E-state index contributed by atoms with van der Waals surface area (Å²) in [4.78, 5) is 0. The maximum absolute atomic E-state index is 2.45. The van der Waals surface area contributed by atoms with Crippen LogP contribution in [0.4, 0.5) is 0 Å². The van der Waals surface area contributed by atoms with E-state index in [1.54, 1.807) is 0 Å². The van der Waals surface area contributed by atoms with Gasteiger partial charge in [0.15, 0.2) is 0 Å². The largest absolute Gasteiger partial charge is 0.327 e. The molecular formula is C46H108N4+4. The summed E-state index contributed by atoms with van der Waals surface area (Å²) < 4.78 is 5.15. The van der Waals surface area contributed by atoms with E-state index in [0.29, 0.717) is 0 Å². The van der Waals surface area contributed by atoms with Crippen molar-refractivity contribution >= 4 is 0 Å². The van der Waals surface area contributed by atoms with Gasteiger partial charge in [0.1, 0.15) is 0 Å². The Hall–Kier alpha value is -0.160. The molecule has 0 aromatic heterocycles. The molecule has 0 heterocycles. The van der Waals surface area contributed by atoms with Crippen LogP contribution < -0.4 is 0 Å². The van der Waals surface area contributed by atoms with E-state index in [0.717, 1.165) is 0 Å². The van der Waals surface area contributed by atoms with E-state index in [4.69, 9.17) is 0 Å². The van der Waals surface area contributed by atoms with Gasteiger partial charge >= 0.3 is 0 Å². The molecule has 308 valence electrons. The van der Waals surface area contributed by atoms with Crippen molar-refractivity contribution in [3.05, 3.63) is 0 Å². The molecule has 4 nitrogen and oxygen atoms in total. The van der Waals surface area contributed by atoms with Crippen LogP contribution in [0.25, 0.3) is 0 Å². The third-order valence-electron chi connectivity index (χ3n) is 11.8. The van der Waals surface area contributed by atoms with Crippen molar-refractivity contribution in [2.45, 2.75) is 199 Å². The second-order valence-electron chi connectivity index (χ2n) is 17.1. The van der Waals surface area contributed by atoms with Crippen molar-refractivity contribution in [2.75, 3.05) is 107 Å². The van der Waals surface area contributed by atoms with E-state index < -0.39 is 0 Å². The van der Waals surface area contributed by atoms with Gasteiger partial charge in [-0.05, 0) is 78.6 Å². The Kier molecular flexibility index (Phi) is 43.6. The summed E-state index contributed by atoms with van der Waals surface area (Å²) >= 11 is 0. The summed E-state index contributed by atoms with van der Waals surface area (Å²) in [6.45, 7) is 43.6. The number of unbranched alkanes of at least 4 members (excludes halogenated alkanes) is 9. The lowest BCUT2D eigenvalue weighted by molar-refractivity contribution is -0.910. The first-order valence-corrected chi connectivity index (χ1v) is 23.1. The third kappa shape index (κ3) is 36.2.